The van der Waals surface area contributed by atoms with Crippen molar-refractivity contribution >= 4 is 35.1 Å². The molecule has 0 saturated carbocycles. The van der Waals surface area contributed by atoms with Crippen LogP contribution in [0.3, 0.4) is 0 Å². The molecule has 0 spiro atoms. The minimum atomic E-state index is -0.932. The molecule has 0 saturated heterocycles. The predicted molar refractivity (Wildman–Crippen MR) is 74.8 cm³/mol. The summed E-state index contributed by atoms with van der Waals surface area (Å²) in [5, 5.41) is 10.5. The fourth-order valence-electron chi connectivity index (χ4n) is 1.32. The van der Waals surface area contributed by atoms with Crippen LogP contribution in [-0.2, 0) is 10.5 Å². The Bertz CT molecular complexity index is 533. The van der Waals surface area contributed by atoms with Gasteiger partial charge in [0.2, 0.25) is 0 Å². The van der Waals surface area contributed by atoms with Crippen LogP contribution in [-0.4, -0.2) is 16.1 Å². The highest BCUT2D eigenvalue weighted by molar-refractivity contribution is 8.00. The lowest BCUT2D eigenvalue weighted by molar-refractivity contribution is -0.131. The van der Waals surface area contributed by atoms with Crippen LogP contribution in [0.1, 0.15) is 11.1 Å². The number of carboxylic acids is 1. The Morgan fingerprint density at radius 2 is 2.17 bits per heavy atom. The van der Waals surface area contributed by atoms with Crippen LogP contribution >= 0.6 is 23.1 Å². The maximum atomic E-state index is 10.4. The van der Waals surface area contributed by atoms with Gasteiger partial charge in [-0.1, -0.05) is 36.0 Å². The van der Waals surface area contributed by atoms with Gasteiger partial charge < -0.3 is 5.11 Å². The number of hydrogen-bond donors (Lipinski definition) is 1. The second-order valence-corrected chi connectivity index (χ2v) is 5.62. The molecule has 3 nitrogen and oxygen atoms in total. The molecule has 2 rings (SSSR count). The summed E-state index contributed by atoms with van der Waals surface area (Å²) in [5.74, 6) is -0.0606. The second-order valence-electron chi connectivity index (χ2n) is 3.50. The molecule has 0 aliphatic rings. The number of thiazole rings is 1. The van der Waals surface area contributed by atoms with Crippen molar-refractivity contribution in [2.24, 2.45) is 0 Å². The first kappa shape index (κ1) is 12.9. The Kier molecular flexibility index (Phi) is 4.55. The molecule has 0 atom stereocenters. The number of aliphatic carboxylic acids is 1. The summed E-state index contributed by atoms with van der Waals surface area (Å²) >= 11 is 3.33. The van der Waals surface area contributed by atoms with Gasteiger partial charge >= 0.3 is 5.97 Å². The van der Waals surface area contributed by atoms with Crippen molar-refractivity contribution in [3.8, 4) is 0 Å². The van der Waals surface area contributed by atoms with Gasteiger partial charge in [0, 0.05) is 23.4 Å². The number of rotatable bonds is 5. The molecule has 0 fully saturated rings. The summed E-state index contributed by atoms with van der Waals surface area (Å²) in [4.78, 5) is 14.6. The number of carbonyl (C=O) groups is 1. The minimum Gasteiger partial charge on any atom is -0.478 e. The molecule has 0 amide bonds. The van der Waals surface area contributed by atoms with Crippen LogP contribution in [0, 0.1) is 0 Å². The molecule has 1 aromatic heterocycles. The third-order valence-corrected chi connectivity index (χ3v) is 4.21. The third-order valence-electron chi connectivity index (χ3n) is 2.17. The highest BCUT2D eigenvalue weighted by Gasteiger charge is 1.98. The van der Waals surface area contributed by atoms with E-state index < -0.39 is 5.97 Å². The van der Waals surface area contributed by atoms with E-state index in [0.29, 0.717) is 0 Å². The quantitative estimate of drug-likeness (QED) is 0.671. The third kappa shape index (κ3) is 4.01. The number of carboxylic acid groups (broad SMARTS) is 1. The second kappa shape index (κ2) is 6.37. The van der Waals surface area contributed by atoms with Crippen molar-refractivity contribution in [3.63, 3.8) is 0 Å². The van der Waals surface area contributed by atoms with Gasteiger partial charge in [-0.25, -0.2) is 9.78 Å². The maximum Gasteiger partial charge on any atom is 0.328 e. The van der Waals surface area contributed by atoms with Gasteiger partial charge in [-0.05, 0) is 17.2 Å². The summed E-state index contributed by atoms with van der Waals surface area (Å²) in [5.41, 5.74) is 2.09. The minimum absolute atomic E-state index is 0.871. The fourth-order valence-corrected chi connectivity index (χ4v) is 2.91. The summed E-state index contributed by atoms with van der Waals surface area (Å²) in [6.07, 6.45) is 4.52. The van der Waals surface area contributed by atoms with Gasteiger partial charge in [-0.15, -0.1) is 11.3 Å². The Morgan fingerprint density at radius 3 is 2.78 bits per heavy atom. The van der Waals surface area contributed by atoms with Gasteiger partial charge in [0.1, 0.15) is 4.34 Å². The van der Waals surface area contributed by atoms with E-state index in [9.17, 15) is 4.79 Å². The van der Waals surface area contributed by atoms with Crippen molar-refractivity contribution in [3.05, 3.63) is 53.0 Å². The molecule has 92 valence electrons. The number of benzene rings is 1. The molecular formula is C13H11NO2S2. The number of aromatic nitrogens is 1. The van der Waals surface area contributed by atoms with Crippen molar-refractivity contribution < 1.29 is 9.90 Å². The van der Waals surface area contributed by atoms with E-state index in [4.69, 9.17) is 5.11 Å². The summed E-state index contributed by atoms with van der Waals surface area (Å²) in [6, 6.07) is 7.83. The monoisotopic (exact) mass is 277 g/mol. The Labute approximate surface area is 113 Å². The normalized spacial score (nSPS) is 10.9. The SMILES string of the molecule is O=C(O)C=Cc1ccc(CSc2nccs2)cc1. The molecule has 1 heterocycles. The van der Waals surface area contributed by atoms with Crippen LogP contribution in [0.4, 0.5) is 0 Å². The number of nitrogens with zero attached hydrogens (tertiary/aromatic N) is 1. The van der Waals surface area contributed by atoms with Crippen LogP contribution in [0.25, 0.3) is 6.08 Å². The molecule has 18 heavy (non-hydrogen) atoms. The van der Waals surface area contributed by atoms with Gasteiger partial charge in [-0.3, -0.25) is 0 Å². The standard InChI is InChI=1S/C13H11NO2S2/c15-12(16)6-5-10-1-3-11(4-2-10)9-18-13-14-7-8-17-13/h1-8H,9H2,(H,15,16). The Hall–Kier alpha value is -1.59. The highest BCUT2D eigenvalue weighted by Crippen LogP contribution is 2.24. The van der Waals surface area contributed by atoms with E-state index in [0.717, 1.165) is 21.7 Å². The van der Waals surface area contributed by atoms with Crippen LogP contribution < -0.4 is 0 Å². The number of thioether (sulfide) groups is 1. The zero-order chi connectivity index (χ0) is 12.8. The fraction of sp³-hybridized carbons (Fsp3) is 0.0769. The molecule has 0 radical (unpaired) electrons. The van der Waals surface area contributed by atoms with Crippen LogP contribution in [0.2, 0.25) is 0 Å². The maximum absolute atomic E-state index is 10.4. The first-order chi connectivity index (χ1) is 8.74. The first-order valence-corrected chi connectivity index (χ1v) is 7.13. The molecule has 1 N–H and O–H groups in total. The van der Waals surface area contributed by atoms with Crippen LogP contribution in [0.5, 0.6) is 0 Å². The lowest BCUT2D eigenvalue weighted by atomic mass is 10.1. The largest absolute Gasteiger partial charge is 0.478 e. The Morgan fingerprint density at radius 1 is 1.39 bits per heavy atom. The molecule has 2 aromatic rings. The van der Waals surface area contributed by atoms with Crippen molar-refractivity contribution in [2.45, 2.75) is 10.1 Å². The summed E-state index contributed by atoms with van der Waals surface area (Å²) < 4.78 is 1.06. The highest BCUT2D eigenvalue weighted by atomic mass is 32.2. The molecule has 0 bridgehead atoms. The lowest BCUT2D eigenvalue weighted by Crippen LogP contribution is -1.86. The Balaban J connectivity index is 1.93. The van der Waals surface area contributed by atoms with E-state index in [2.05, 4.69) is 4.98 Å². The van der Waals surface area contributed by atoms with E-state index in [1.54, 1.807) is 35.4 Å². The van der Waals surface area contributed by atoms with Crippen molar-refractivity contribution in [1.82, 2.24) is 4.98 Å². The van der Waals surface area contributed by atoms with E-state index in [1.165, 1.54) is 5.56 Å². The summed E-state index contributed by atoms with van der Waals surface area (Å²) in [7, 11) is 0. The molecule has 0 aliphatic heterocycles. The molecule has 5 heteroatoms. The van der Waals surface area contributed by atoms with Gasteiger partial charge in [0.25, 0.3) is 0 Å². The zero-order valence-electron chi connectivity index (χ0n) is 9.45. The molecular weight excluding hydrogens is 266 g/mol. The average molecular weight is 277 g/mol. The molecule has 0 aliphatic carbocycles. The first-order valence-electron chi connectivity index (χ1n) is 5.26. The van der Waals surface area contributed by atoms with E-state index >= 15 is 0 Å². The van der Waals surface area contributed by atoms with Gasteiger partial charge in [0.05, 0.1) is 0 Å². The van der Waals surface area contributed by atoms with Gasteiger partial charge in [0.15, 0.2) is 0 Å². The van der Waals surface area contributed by atoms with Crippen LogP contribution in [0.15, 0.2) is 46.3 Å². The lowest BCUT2D eigenvalue weighted by Gasteiger charge is -2.00. The molecule has 1 aromatic carbocycles. The summed E-state index contributed by atoms with van der Waals surface area (Å²) in [6.45, 7) is 0. The van der Waals surface area contributed by atoms with E-state index in [-0.39, 0.29) is 0 Å². The van der Waals surface area contributed by atoms with Crippen molar-refractivity contribution in [2.75, 3.05) is 0 Å². The topological polar surface area (TPSA) is 50.2 Å². The average Bonchev–Trinajstić information content (AvgIpc) is 2.88. The van der Waals surface area contributed by atoms with Gasteiger partial charge in [-0.2, -0.15) is 0 Å². The van der Waals surface area contributed by atoms with E-state index in [1.807, 2.05) is 29.6 Å². The number of hydrogen-bond acceptors (Lipinski definition) is 4. The zero-order valence-corrected chi connectivity index (χ0v) is 11.1. The molecule has 0 unspecified atom stereocenters. The van der Waals surface area contributed by atoms with Crippen molar-refractivity contribution in [1.29, 1.82) is 0 Å². The smallest absolute Gasteiger partial charge is 0.328 e. The predicted octanol–water partition coefficient (Wildman–Crippen LogP) is 3.53.